The third-order valence-corrected chi connectivity index (χ3v) is 5.70. The van der Waals surface area contributed by atoms with Crippen LogP contribution in [0.3, 0.4) is 0 Å². The predicted molar refractivity (Wildman–Crippen MR) is 130 cm³/mol. The van der Waals surface area contributed by atoms with Crippen LogP contribution >= 0.6 is 0 Å². The predicted octanol–water partition coefficient (Wildman–Crippen LogP) is 4.15. The number of carbonyl (C=O) groups is 2. The average Bonchev–Trinajstić information content (AvgIpc) is 2.81. The van der Waals surface area contributed by atoms with Gasteiger partial charge in [-0.15, -0.1) is 0 Å². The number of hydrogen-bond donors (Lipinski definition) is 3. The topological polar surface area (TPSA) is 113 Å². The molecular formula is C25H28N4O5. The third kappa shape index (κ3) is 6.14. The van der Waals surface area contributed by atoms with Crippen LogP contribution in [0.5, 0.6) is 0 Å². The number of para-hydroxylation sites is 1. The minimum atomic E-state index is -0.561. The van der Waals surface area contributed by atoms with Gasteiger partial charge in [0.25, 0.3) is 0 Å². The monoisotopic (exact) mass is 464 g/mol. The van der Waals surface area contributed by atoms with E-state index >= 15 is 0 Å². The lowest BCUT2D eigenvalue weighted by atomic mass is 10.0. The lowest BCUT2D eigenvalue weighted by Gasteiger charge is -2.32. The number of urea groups is 1. The highest BCUT2D eigenvalue weighted by molar-refractivity contribution is 5.90. The second-order valence-electron chi connectivity index (χ2n) is 8.16. The van der Waals surface area contributed by atoms with E-state index in [1.165, 1.54) is 6.07 Å². The Morgan fingerprint density at radius 1 is 1.03 bits per heavy atom. The van der Waals surface area contributed by atoms with Crippen molar-refractivity contribution in [2.75, 3.05) is 30.3 Å². The Hall–Kier alpha value is -3.85. The molecule has 0 saturated carbocycles. The second kappa shape index (κ2) is 10.8. The molecule has 0 spiro atoms. The van der Waals surface area contributed by atoms with Gasteiger partial charge in [-0.25, -0.2) is 14.4 Å². The summed E-state index contributed by atoms with van der Waals surface area (Å²) < 4.78 is 10.3. The lowest BCUT2D eigenvalue weighted by Crippen LogP contribution is -2.45. The van der Waals surface area contributed by atoms with Crippen molar-refractivity contribution in [1.82, 2.24) is 10.2 Å². The molecule has 1 fully saturated rings. The summed E-state index contributed by atoms with van der Waals surface area (Å²) in [5.74, 6) is 0. The van der Waals surface area contributed by atoms with E-state index in [0.29, 0.717) is 17.8 Å². The highest BCUT2D eigenvalue weighted by Gasteiger charge is 2.22. The van der Waals surface area contributed by atoms with Crippen LogP contribution in [0.2, 0.25) is 0 Å². The first-order chi connectivity index (χ1) is 16.5. The number of amides is 3. The lowest BCUT2D eigenvalue weighted by molar-refractivity contribution is 0.168. The first kappa shape index (κ1) is 23.3. The Bertz CT molecular complexity index is 1200. The molecule has 0 atom stereocenters. The maximum absolute atomic E-state index is 12.3. The normalized spacial score (nSPS) is 14.5. The maximum atomic E-state index is 12.3. The molecule has 2 aromatic carbocycles. The van der Waals surface area contributed by atoms with Gasteiger partial charge in [-0.1, -0.05) is 18.2 Å². The van der Waals surface area contributed by atoms with E-state index in [0.717, 1.165) is 42.6 Å². The van der Waals surface area contributed by atoms with Crippen LogP contribution in [0, 0.1) is 0 Å². The molecule has 1 saturated heterocycles. The van der Waals surface area contributed by atoms with Crippen molar-refractivity contribution in [3.05, 3.63) is 70.6 Å². The van der Waals surface area contributed by atoms with E-state index < -0.39 is 11.7 Å². The fourth-order valence-corrected chi connectivity index (χ4v) is 4.07. The van der Waals surface area contributed by atoms with Gasteiger partial charge in [-0.2, -0.15) is 0 Å². The molecular weight excluding hydrogens is 436 g/mol. The van der Waals surface area contributed by atoms with Gasteiger partial charge in [0, 0.05) is 54.6 Å². The number of rotatable bonds is 6. The van der Waals surface area contributed by atoms with E-state index in [9.17, 15) is 14.4 Å². The molecule has 9 heteroatoms. The molecule has 1 aliphatic heterocycles. The van der Waals surface area contributed by atoms with Gasteiger partial charge in [0.2, 0.25) is 0 Å². The molecule has 9 nitrogen and oxygen atoms in total. The third-order valence-electron chi connectivity index (χ3n) is 5.70. The highest BCUT2D eigenvalue weighted by atomic mass is 16.5. The highest BCUT2D eigenvalue weighted by Crippen LogP contribution is 2.24. The molecule has 34 heavy (non-hydrogen) atoms. The number of nitrogens with zero attached hydrogens (tertiary/aromatic N) is 1. The van der Waals surface area contributed by atoms with Gasteiger partial charge >= 0.3 is 17.7 Å². The van der Waals surface area contributed by atoms with Crippen LogP contribution in [0.1, 0.15) is 25.3 Å². The Morgan fingerprint density at radius 3 is 2.53 bits per heavy atom. The number of benzene rings is 2. The molecule has 1 aliphatic rings. The van der Waals surface area contributed by atoms with Crippen LogP contribution in [-0.2, 0) is 11.3 Å². The summed E-state index contributed by atoms with van der Waals surface area (Å²) in [7, 11) is 0. The number of hydrogen-bond acceptors (Lipinski definition) is 6. The zero-order valence-corrected chi connectivity index (χ0v) is 19.0. The number of anilines is 2. The molecule has 3 aromatic rings. The number of fused-ring (bicyclic) bond motifs is 1. The molecule has 3 amide bonds. The SMILES string of the molecule is CCOC(=O)Nc1ccc2c(CN3CCC(NC(=O)Nc4ccccc4)CC3)cc(=O)oc2c1. The molecule has 0 unspecified atom stereocenters. The second-order valence-corrected chi connectivity index (χ2v) is 8.16. The number of likely N-dealkylation sites (tertiary alicyclic amines) is 1. The maximum Gasteiger partial charge on any atom is 0.411 e. The summed E-state index contributed by atoms with van der Waals surface area (Å²) >= 11 is 0. The first-order valence-electron chi connectivity index (χ1n) is 11.4. The smallest absolute Gasteiger partial charge is 0.411 e. The molecule has 1 aromatic heterocycles. The minimum Gasteiger partial charge on any atom is -0.450 e. The van der Waals surface area contributed by atoms with Gasteiger partial charge in [0.1, 0.15) is 5.58 Å². The Morgan fingerprint density at radius 2 is 1.79 bits per heavy atom. The zero-order valence-electron chi connectivity index (χ0n) is 19.0. The quantitative estimate of drug-likeness (QED) is 0.473. The summed E-state index contributed by atoms with van der Waals surface area (Å²) in [6.07, 6.45) is 1.07. The summed E-state index contributed by atoms with van der Waals surface area (Å²) in [5, 5.41) is 9.32. The fraction of sp³-hybridized carbons (Fsp3) is 0.320. The molecule has 0 radical (unpaired) electrons. The van der Waals surface area contributed by atoms with Gasteiger partial charge in [0.05, 0.1) is 6.61 Å². The standard InChI is InChI=1S/C25H28N4O5/c1-2-33-25(32)28-20-8-9-21-17(14-23(30)34-22(21)15-20)16-29-12-10-19(11-13-29)27-24(31)26-18-6-4-3-5-7-18/h3-9,14-15,19H,2,10-13,16H2,1H3,(H,28,32)(H2,26,27,31). The molecule has 0 aliphatic carbocycles. The number of nitrogens with one attached hydrogen (secondary N) is 3. The Kier molecular flexibility index (Phi) is 7.44. The number of piperidine rings is 1. The van der Waals surface area contributed by atoms with Gasteiger partial charge < -0.3 is 19.8 Å². The van der Waals surface area contributed by atoms with Crippen LogP contribution in [0.4, 0.5) is 21.0 Å². The van der Waals surface area contributed by atoms with Crippen molar-refractivity contribution in [3.63, 3.8) is 0 Å². The van der Waals surface area contributed by atoms with E-state index in [4.69, 9.17) is 9.15 Å². The van der Waals surface area contributed by atoms with Crippen LogP contribution in [0.15, 0.2) is 63.8 Å². The van der Waals surface area contributed by atoms with Crippen LogP contribution < -0.4 is 21.6 Å². The molecule has 2 heterocycles. The zero-order chi connectivity index (χ0) is 23.9. The van der Waals surface area contributed by atoms with Crippen molar-refractivity contribution < 1.29 is 18.7 Å². The minimum absolute atomic E-state index is 0.0917. The summed E-state index contributed by atoms with van der Waals surface area (Å²) in [6.45, 7) is 4.17. The molecule has 0 bridgehead atoms. The Balaban J connectivity index is 1.35. The number of carbonyl (C=O) groups excluding carboxylic acids is 2. The summed E-state index contributed by atoms with van der Waals surface area (Å²) in [4.78, 5) is 38.3. The largest absolute Gasteiger partial charge is 0.450 e. The van der Waals surface area contributed by atoms with E-state index in [2.05, 4.69) is 20.9 Å². The van der Waals surface area contributed by atoms with E-state index in [-0.39, 0.29) is 18.7 Å². The van der Waals surface area contributed by atoms with Crippen molar-refractivity contribution >= 4 is 34.5 Å². The van der Waals surface area contributed by atoms with Crippen molar-refractivity contribution in [2.24, 2.45) is 0 Å². The van der Waals surface area contributed by atoms with Crippen molar-refractivity contribution in [2.45, 2.75) is 32.4 Å². The van der Waals surface area contributed by atoms with Gasteiger partial charge in [-0.3, -0.25) is 10.2 Å². The van der Waals surface area contributed by atoms with Gasteiger partial charge in [0.15, 0.2) is 0 Å². The summed E-state index contributed by atoms with van der Waals surface area (Å²) in [5.41, 5.74) is 2.08. The Labute approximate surface area is 197 Å². The van der Waals surface area contributed by atoms with Crippen molar-refractivity contribution in [3.8, 4) is 0 Å². The molecule has 4 rings (SSSR count). The molecule has 178 valence electrons. The van der Waals surface area contributed by atoms with E-state index in [1.54, 1.807) is 19.1 Å². The fourth-order valence-electron chi connectivity index (χ4n) is 4.07. The van der Waals surface area contributed by atoms with Crippen molar-refractivity contribution in [1.29, 1.82) is 0 Å². The number of ether oxygens (including phenoxy) is 1. The van der Waals surface area contributed by atoms with E-state index in [1.807, 2.05) is 36.4 Å². The van der Waals surface area contributed by atoms with Crippen LogP contribution in [-0.4, -0.2) is 42.8 Å². The average molecular weight is 465 g/mol. The van der Waals surface area contributed by atoms with Crippen LogP contribution in [0.25, 0.3) is 11.0 Å². The summed E-state index contributed by atoms with van der Waals surface area (Å²) in [6, 6.07) is 15.9. The first-order valence-corrected chi connectivity index (χ1v) is 11.4. The molecule has 3 N–H and O–H groups in total. The van der Waals surface area contributed by atoms with Gasteiger partial charge in [-0.05, 0) is 49.6 Å².